The molecule has 1 aromatic carbocycles. The lowest BCUT2D eigenvalue weighted by Gasteiger charge is -2.26. The first-order valence-electron chi connectivity index (χ1n) is 6.15. The molecule has 0 radical (unpaired) electrons. The molecule has 20 heavy (non-hydrogen) atoms. The lowest BCUT2D eigenvalue weighted by atomic mass is 9.87. The van der Waals surface area contributed by atoms with Crippen LogP contribution in [0.15, 0.2) is 23.1 Å². The number of nitrogens with two attached hydrogens (primary N) is 1. The first kappa shape index (κ1) is 15.3. The molecule has 1 aliphatic rings. The van der Waals surface area contributed by atoms with Crippen molar-refractivity contribution >= 4 is 10.0 Å². The highest BCUT2D eigenvalue weighted by molar-refractivity contribution is 7.89. The Labute approximate surface area is 115 Å². The minimum absolute atomic E-state index is 0.0190. The summed E-state index contributed by atoms with van der Waals surface area (Å²) in [6, 6.07) is 3.56. The molecule has 3 N–H and O–H groups in total. The second-order valence-electron chi connectivity index (χ2n) is 4.79. The maximum Gasteiger partial charge on any atom is 0.417 e. The van der Waals surface area contributed by atoms with E-state index in [0.717, 1.165) is 6.07 Å². The molecule has 1 aliphatic heterocycles. The second kappa shape index (κ2) is 5.34. The molecule has 0 unspecified atom stereocenters. The van der Waals surface area contributed by atoms with Gasteiger partial charge in [0.15, 0.2) is 0 Å². The minimum Gasteiger partial charge on any atom is -0.317 e. The number of hydrogen-bond acceptors (Lipinski definition) is 3. The Morgan fingerprint density at radius 1 is 1.20 bits per heavy atom. The van der Waals surface area contributed by atoms with E-state index in [0.29, 0.717) is 25.9 Å². The molecule has 0 spiro atoms. The fourth-order valence-corrected chi connectivity index (χ4v) is 3.35. The van der Waals surface area contributed by atoms with Gasteiger partial charge in [-0.05, 0) is 43.5 Å². The SMILES string of the molecule is NS(=O)(=O)c1cccc(C2CCNCC2)c1C(F)(F)F. The monoisotopic (exact) mass is 308 g/mol. The summed E-state index contributed by atoms with van der Waals surface area (Å²) < 4.78 is 62.6. The fraction of sp³-hybridized carbons (Fsp3) is 0.500. The van der Waals surface area contributed by atoms with Gasteiger partial charge < -0.3 is 5.32 Å². The predicted octanol–water partition coefficient (Wildman–Crippen LogP) is 1.82. The van der Waals surface area contributed by atoms with Gasteiger partial charge in [-0.2, -0.15) is 13.2 Å². The molecular formula is C12H15F3N2O2S. The van der Waals surface area contributed by atoms with Crippen LogP contribution in [0.25, 0.3) is 0 Å². The summed E-state index contributed by atoms with van der Waals surface area (Å²) in [5.41, 5.74) is -1.10. The number of benzene rings is 1. The van der Waals surface area contributed by atoms with Gasteiger partial charge in [0, 0.05) is 0 Å². The van der Waals surface area contributed by atoms with Gasteiger partial charge in [-0.15, -0.1) is 0 Å². The molecule has 0 saturated carbocycles. The van der Waals surface area contributed by atoms with E-state index in [1.165, 1.54) is 12.1 Å². The molecule has 0 bridgehead atoms. The van der Waals surface area contributed by atoms with Gasteiger partial charge in [-0.3, -0.25) is 0 Å². The van der Waals surface area contributed by atoms with E-state index in [-0.39, 0.29) is 11.5 Å². The zero-order chi connectivity index (χ0) is 15.0. The molecule has 1 fully saturated rings. The van der Waals surface area contributed by atoms with E-state index in [9.17, 15) is 21.6 Å². The molecule has 112 valence electrons. The molecule has 1 aromatic rings. The van der Waals surface area contributed by atoms with Gasteiger partial charge in [-0.25, -0.2) is 13.6 Å². The molecule has 0 aromatic heterocycles. The van der Waals surface area contributed by atoms with E-state index in [1.54, 1.807) is 0 Å². The number of nitrogens with one attached hydrogen (secondary N) is 1. The standard InChI is InChI=1S/C12H15F3N2O2S/c13-12(14,15)11-9(8-4-6-17-7-5-8)2-1-3-10(11)20(16,18)19/h1-3,8,17H,4-7H2,(H2,16,18,19). The first-order chi connectivity index (χ1) is 9.21. The van der Waals surface area contributed by atoms with Crippen LogP contribution in [0, 0.1) is 0 Å². The zero-order valence-corrected chi connectivity index (χ0v) is 11.4. The normalized spacial score (nSPS) is 18.2. The quantitative estimate of drug-likeness (QED) is 0.875. The smallest absolute Gasteiger partial charge is 0.317 e. The van der Waals surface area contributed by atoms with Crippen molar-refractivity contribution in [2.75, 3.05) is 13.1 Å². The Kier molecular flexibility index (Phi) is 4.08. The summed E-state index contributed by atoms with van der Waals surface area (Å²) in [5, 5.41) is 7.98. The number of halogens is 3. The number of rotatable bonds is 2. The van der Waals surface area contributed by atoms with Crippen LogP contribution in [0.1, 0.15) is 29.9 Å². The molecule has 4 nitrogen and oxygen atoms in total. The minimum atomic E-state index is -4.75. The average Bonchev–Trinajstić information content (AvgIpc) is 2.37. The summed E-state index contributed by atoms with van der Waals surface area (Å²) in [6.45, 7) is 1.23. The molecule has 0 aliphatic carbocycles. The highest BCUT2D eigenvalue weighted by Gasteiger charge is 2.40. The summed E-state index contributed by atoms with van der Waals surface area (Å²) in [6.07, 6.45) is -3.67. The van der Waals surface area contributed by atoms with Crippen molar-refractivity contribution in [1.29, 1.82) is 0 Å². The fourth-order valence-electron chi connectivity index (χ4n) is 2.56. The van der Waals surface area contributed by atoms with E-state index in [4.69, 9.17) is 5.14 Å². The van der Waals surface area contributed by atoms with Gasteiger partial charge in [0.1, 0.15) is 0 Å². The molecule has 1 saturated heterocycles. The lowest BCUT2D eigenvalue weighted by molar-refractivity contribution is -0.140. The van der Waals surface area contributed by atoms with Gasteiger partial charge in [-0.1, -0.05) is 12.1 Å². The number of piperidine rings is 1. The third-order valence-electron chi connectivity index (χ3n) is 3.43. The highest BCUT2D eigenvalue weighted by atomic mass is 32.2. The Hall–Kier alpha value is -1.12. The number of primary sulfonamides is 1. The van der Waals surface area contributed by atoms with Gasteiger partial charge >= 0.3 is 6.18 Å². The predicted molar refractivity (Wildman–Crippen MR) is 67.7 cm³/mol. The van der Waals surface area contributed by atoms with Crippen LogP contribution in [0.2, 0.25) is 0 Å². The maximum atomic E-state index is 13.3. The molecular weight excluding hydrogens is 293 g/mol. The average molecular weight is 308 g/mol. The Morgan fingerprint density at radius 3 is 2.30 bits per heavy atom. The van der Waals surface area contributed by atoms with Crippen LogP contribution < -0.4 is 10.5 Å². The zero-order valence-electron chi connectivity index (χ0n) is 10.6. The molecule has 1 heterocycles. The second-order valence-corrected chi connectivity index (χ2v) is 6.32. The van der Waals surface area contributed by atoms with Gasteiger partial charge in [0.05, 0.1) is 10.5 Å². The summed E-state index contributed by atoms with van der Waals surface area (Å²) >= 11 is 0. The van der Waals surface area contributed by atoms with Crippen molar-refractivity contribution < 1.29 is 21.6 Å². The number of alkyl halides is 3. The van der Waals surface area contributed by atoms with Crippen molar-refractivity contribution in [3.63, 3.8) is 0 Å². The van der Waals surface area contributed by atoms with Crippen LogP contribution in [-0.4, -0.2) is 21.5 Å². The van der Waals surface area contributed by atoms with E-state index in [1.807, 2.05) is 0 Å². The molecule has 8 heteroatoms. The Bertz CT molecular complexity index is 593. The van der Waals surface area contributed by atoms with Crippen LogP contribution in [0.4, 0.5) is 13.2 Å². The van der Waals surface area contributed by atoms with Crippen molar-refractivity contribution in [2.45, 2.75) is 29.8 Å². The van der Waals surface area contributed by atoms with Crippen molar-refractivity contribution in [2.24, 2.45) is 5.14 Å². The van der Waals surface area contributed by atoms with Crippen molar-refractivity contribution in [1.82, 2.24) is 5.32 Å². The van der Waals surface area contributed by atoms with E-state index >= 15 is 0 Å². The van der Waals surface area contributed by atoms with Crippen LogP contribution in [0.5, 0.6) is 0 Å². The first-order valence-corrected chi connectivity index (χ1v) is 7.69. The van der Waals surface area contributed by atoms with Crippen LogP contribution in [0.3, 0.4) is 0 Å². The van der Waals surface area contributed by atoms with Gasteiger partial charge in [0.25, 0.3) is 0 Å². The van der Waals surface area contributed by atoms with Crippen LogP contribution >= 0.6 is 0 Å². The van der Waals surface area contributed by atoms with E-state index < -0.39 is 26.7 Å². The third kappa shape index (κ3) is 3.13. The topological polar surface area (TPSA) is 72.2 Å². The van der Waals surface area contributed by atoms with Gasteiger partial charge in [0.2, 0.25) is 10.0 Å². The number of hydrogen-bond donors (Lipinski definition) is 2. The highest BCUT2D eigenvalue weighted by Crippen LogP contribution is 2.41. The third-order valence-corrected chi connectivity index (χ3v) is 4.38. The molecule has 0 amide bonds. The summed E-state index contributed by atoms with van der Waals surface area (Å²) in [5.74, 6) is -0.311. The molecule has 2 rings (SSSR count). The summed E-state index contributed by atoms with van der Waals surface area (Å²) in [7, 11) is -4.41. The van der Waals surface area contributed by atoms with Crippen LogP contribution in [-0.2, 0) is 16.2 Å². The largest absolute Gasteiger partial charge is 0.417 e. The summed E-state index contributed by atoms with van der Waals surface area (Å²) in [4.78, 5) is -0.846. The van der Waals surface area contributed by atoms with Crippen molar-refractivity contribution in [3.05, 3.63) is 29.3 Å². The Balaban J connectivity index is 2.62. The Morgan fingerprint density at radius 2 is 1.80 bits per heavy atom. The molecule has 0 atom stereocenters. The lowest BCUT2D eigenvalue weighted by Crippen LogP contribution is -2.29. The van der Waals surface area contributed by atoms with Crippen molar-refractivity contribution in [3.8, 4) is 0 Å². The number of sulfonamides is 1. The van der Waals surface area contributed by atoms with E-state index in [2.05, 4.69) is 5.32 Å². The maximum absolute atomic E-state index is 13.3.